The van der Waals surface area contributed by atoms with Crippen LogP contribution in [0.15, 0.2) is 36.5 Å². The van der Waals surface area contributed by atoms with E-state index < -0.39 is 6.10 Å². The highest BCUT2D eigenvalue weighted by Crippen LogP contribution is 2.09. The number of ether oxygens (including phenoxy) is 2. The summed E-state index contributed by atoms with van der Waals surface area (Å²) in [5, 5.41) is 9.40. The predicted octanol–water partition coefficient (Wildman–Crippen LogP) is 7.86. The molecule has 0 aromatic rings. The van der Waals surface area contributed by atoms with Crippen molar-refractivity contribution in [2.75, 3.05) is 19.8 Å². The average molecular weight is 465 g/mol. The Bertz CT molecular complexity index is 496. The molecule has 1 atom stereocenters. The number of hydrogen-bond acceptors (Lipinski definition) is 4. The molecule has 1 unspecified atom stereocenters. The van der Waals surface area contributed by atoms with E-state index in [0.29, 0.717) is 13.0 Å². The van der Waals surface area contributed by atoms with Gasteiger partial charge in [-0.05, 0) is 44.9 Å². The molecule has 33 heavy (non-hydrogen) atoms. The van der Waals surface area contributed by atoms with E-state index in [1.54, 1.807) is 0 Å². The highest BCUT2D eigenvalue weighted by atomic mass is 16.6. The van der Waals surface area contributed by atoms with Crippen LogP contribution >= 0.6 is 0 Å². The summed E-state index contributed by atoms with van der Waals surface area (Å²) in [6, 6.07) is 0. The van der Waals surface area contributed by atoms with E-state index in [4.69, 9.17) is 9.47 Å². The van der Waals surface area contributed by atoms with E-state index in [2.05, 4.69) is 50.3 Å². The van der Waals surface area contributed by atoms with Crippen LogP contribution < -0.4 is 0 Å². The Labute approximate surface area is 204 Å². The maximum atomic E-state index is 11.9. The molecule has 0 fully saturated rings. The summed E-state index contributed by atoms with van der Waals surface area (Å²) in [6.07, 6.45) is 30.4. The van der Waals surface area contributed by atoms with E-state index in [0.717, 1.165) is 57.8 Å². The lowest BCUT2D eigenvalue weighted by Gasteiger charge is -2.15. The second kappa shape index (κ2) is 26.9. The third-order valence-electron chi connectivity index (χ3n) is 5.52. The second-order valence-electron chi connectivity index (χ2n) is 8.73. The van der Waals surface area contributed by atoms with Crippen molar-refractivity contribution in [3.05, 3.63) is 36.5 Å². The van der Waals surface area contributed by atoms with Crippen molar-refractivity contribution in [2.24, 2.45) is 0 Å². The minimum atomic E-state index is -0.397. The highest BCUT2D eigenvalue weighted by molar-refractivity contribution is 5.69. The molecule has 0 heterocycles. The molecule has 4 nitrogen and oxygen atoms in total. The van der Waals surface area contributed by atoms with Crippen molar-refractivity contribution >= 4 is 5.97 Å². The van der Waals surface area contributed by atoms with Gasteiger partial charge in [0.2, 0.25) is 0 Å². The fourth-order valence-electron chi connectivity index (χ4n) is 3.43. The summed E-state index contributed by atoms with van der Waals surface area (Å²) in [5.74, 6) is -0.183. The molecule has 192 valence electrons. The van der Waals surface area contributed by atoms with Crippen LogP contribution in [0.25, 0.3) is 0 Å². The zero-order valence-electron chi connectivity index (χ0n) is 21.6. The number of allylic oxidation sites excluding steroid dienone is 6. The standard InChI is InChI=1S/C29H52O4/c1-3-5-7-9-11-12-13-14-15-16-17-18-19-20-22-24-29(31)33-27-28(26-30)32-25-23-21-10-8-6-4-2/h5,7,11-12,14-15,28,30H,3-4,6,8-10,13,16-27H2,1-2H3. The molecule has 0 spiro atoms. The second-order valence-corrected chi connectivity index (χ2v) is 8.73. The molecule has 0 aromatic heterocycles. The molecular formula is C29H52O4. The van der Waals surface area contributed by atoms with Crippen LogP contribution in [0.1, 0.15) is 117 Å². The highest BCUT2D eigenvalue weighted by Gasteiger charge is 2.11. The summed E-state index contributed by atoms with van der Waals surface area (Å²) < 4.78 is 10.9. The van der Waals surface area contributed by atoms with E-state index in [1.807, 2.05) is 0 Å². The Hall–Kier alpha value is -1.39. The van der Waals surface area contributed by atoms with E-state index in [1.165, 1.54) is 38.5 Å². The molecule has 0 aliphatic heterocycles. The SMILES string of the molecule is CCC=CCC=CCC=CCCCCCCCC(=O)OCC(CO)OCCCCCCCC. The molecule has 0 saturated heterocycles. The molecule has 0 aliphatic rings. The third-order valence-corrected chi connectivity index (χ3v) is 5.52. The fraction of sp³-hybridized carbons (Fsp3) is 0.759. The molecule has 0 rings (SSSR count). The zero-order chi connectivity index (χ0) is 24.2. The van der Waals surface area contributed by atoms with Crippen molar-refractivity contribution in [1.82, 2.24) is 0 Å². The Morgan fingerprint density at radius 1 is 0.758 bits per heavy atom. The first kappa shape index (κ1) is 31.6. The van der Waals surface area contributed by atoms with Gasteiger partial charge in [-0.3, -0.25) is 4.79 Å². The van der Waals surface area contributed by atoms with Crippen LogP contribution in [0, 0.1) is 0 Å². The molecule has 0 saturated carbocycles. The lowest BCUT2D eigenvalue weighted by atomic mass is 10.1. The minimum Gasteiger partial charge on any atom is -0.463 e. The van der Waals surface area contributed by atoms with Gasteiger partial charge < -0.3 is 14.6 Å². The van der Waals surface area contributed by atoms with E-state index in [-0.39, 0.29) is 19.2 Å². The Kier molecular flexibility index (Phi) is 25.7. The molecule has 0 aromatic carbocycles. The normalized spacial score (nSPS) is 12.9. The average Bonchev–Trinajstić information content (AvgIpc) is 2.82. The quantitative estimate of drug-likeness (QED) is 0.0897. The van der Waals surface area contributed by atoms with Crippen LogP contribution in [0.2, 0.25) is 0 Å². The lowest BCUT2D eigenvalue weighted by Crippen LogP contribution is -2.26. The van der Waals surface area contributed by atoms with Gasteiger partial charge in [0.25, 0.3) is 0 Å². The van der Waals surface area contributed by atoms with Crippen molar-refractivity contribution in [1.29, 1.82) is 0 Å². The molecular weight excluding hydrogens is 412 g/mol. The summed E-state index contributed by atoms with van der Waals surface area (Å²) in [7, 11) is 0. The maximum absolute atomic E-state index is 11.9. The first-order chi connectivity index (χ1) is 16.2. The monoisotopic (exact) mass is 464 g/mol. The van der Waals surface area contributed by atoms with Crippen molar-refractivity contribution in [3.8, 4) is 0 Å². The summed E-state index contributed by atoms with van der Waals surface area (Å²) >= 11 is 0. The maximum Gasteiger partial charge on any atom is 0.305 e. The number of esters is 1. The van der Waals surface area contributed by atoms with Gasteiger partial charge in [-0.1, -0.05) is 102 Å². The van der Waals surface area contributed by atoms with Gasteiger partial charge in [0.05, 0.1) is 6.61 Å². The minimum absolute atomic E-state index is 0.107. The van der Waals surface area contributed by atoms with Gasteiger partial charge in [0.15, 0.2) is 0 Å². The first-order valence-corrected chi connectivity index (χ1v) is 13.6. The van der Waals surface area contributed by atoms with E-state index in [9.17, 15) is 9.90 Å². The fourth-order valence-corrected chi connectivity index (χ4v) is 3.43. The van der Waals surface area contributed by atoms with Crippen molar-refractivity contribution in [3.63, 3.8) is 0 Å². The van der Waals surface area contributed by atoms with Gasteiger partial charge in [0, 0.05) is 13.0 Å². The Balaban J connectivity index is 3.51. The Morgan fingerprint density at radius 3 is 2.06 bits per heavy atom. The number of aliphatic hydroxyl groups is 1. The van der Waals surface area contributed by atoms with Gasteiger partial charge in [-0.2, -0.15) is 0 Å². The number of carbonyl (C=O) groups excluding carboxylic acids is 1. The van der Waals surface area contributed by atoms with Gasteiger partial charge in [-0.25, -0.2) is 0 Å². The first-order valence-electron chi connectivity index (χ1n) is 13.6. The van der Waals surface area contributed by atoms with Crippen LogP contribution in [0.3, 0.4) is 0 Å². The van der Waals surface area contributed by atoms with Gasteiger partial charge in [0.1, 0.15) is 12.7 Å². The molecule has 0 aliphatic carbocycles. The Morgan fingerprint density at radius 2 is 1.36 bits per heavy atom. The van der Waals surface area contributed by atoms with Gasteiger partial charge in [-0.15, -0.1) is 0 Å². The zero-order valence-corrected chi connectivity index (χ0v) is 21.6. The van der Waals surface area contributed by atoms with Crippen LogP contribution in [0.4, 0.5) is 0 Å². The van der Waals surface area contributed by atoms with E-state index >= 15 is 0 Å². The number of unbranched alkanes of at least 4 members (excludes halogenated alkanes) is 10. The lowest BCUT2D eigenvalue weighted by molar-refractivity contribution is -0.149. The number of aliphatic hydroxyl groups excluding tert-OH is 1. The molecule has 4 heteroatoms. The summed E-state index contributed by atoms with van der Waals surface area (Å²) in [5.41, 5.74) is 0. The molecule has 1 N–H and O–H groups in total. The summed E-state index contributed by atoms with van der Waals surface area (Å²) in [6.45, 7) is 5.04. The van der Waals surface area contributed by atoms with Gasteiger partial charge >= 0.3 is 5.97 Å². The third kappa shape index (κ3) is 25.1. The summed E-state index contributed by atoms with van der Waals surface area (Å²) in [4.78, 5) is 11.9. The van der Waals surface area contributed by atoms with Crippen molar-refractivity contribution < 1.29 is 19.4 Å². The van der Waals surface area contributed by atoms with Crippen LogP contribution in [-0.4, -0.2) is 37.0 Å². The topological polar surface area (TPSA) is 55.8 Å². The molecule has 0 amide bonds. The molecule has 0 radical (unpaired) electrons. The van der Waals surface area contributed by atoms with Crippen molar-refractivity contribution in [2.45, 2.75) is 123 Å². The number of hydrogen-bond donors (Lipinski definition) is 1. The predicted molar refractivity (Wildman–Crippen MR) is 140 cm³/mol. The number of rotatable bonds is 24. The number of carbonyl (C=O) groups is 1. The van der Waals surface area contributed by atoms with Crippen LogP contribution in [-0.2, 0) is 14.3 Å². The van der Waals surface area contributed by atoms with Crippen LogP contribution in [0.5, 0.6) is 0 Å². The largest absolute Gasteiger partial charge is 0.463 e. The molecule has 0 bridgehead atoms. The smallest absolute Gasteiger partial charge is 0.305 e.